The number of ether oxygens (including phenoxy) is 2. The first kappa shape index (κ1) is 14.2. The highest BCUT2D eigenvalue weighted by atomic mass is 32.2. The van der Waals surface area contributed by atoms with Gasteiger partial charge >= 0.3 is 0 Å². The molecule has 1 amide bonds. The van der Waals surface area contributed by atoms with Crippen molar-refractivity contribution in [1.82, 2.24) is 0 Å². The molecule has 0 atom stereocenters. The van der Waals surface area contributed by atoms with E-state index in [4.69, 9.17) is 9.47 Å². The molecule has 21 heavy (non-hydrogen) atoms. The van der Waals surface area contributed by atoms with Crippen molar-refractivity contribution in [3.8, 4) is 11.5 Å². The highest BCUT2D eigenvalue weighted by molar-refractivity contribution is 7.91. The van der Waals surface area contributed by atoms with E-state index in [1.165, 1.54) is 0 Å². The number of benzene rings is 1. The number of anilines is 1. The summed E-state index contributed by atoms with van der Waals surface area (Å²) in [4.78, 5) is 12.2. The van der Waals surface area contributed by atoms with Crippen LogP contribution in [0.1, 0.15) is 12.8 Å². The highest BCUT2D eigenvalue weighted by Gasteiger charge is 2.28. The van der Waals surface area contributed by atoms with Crippen LogP contribution in [0.5, 0.6) is 11.5 Å². The van der Waals surface area contributed by atoms with E-state index in [0.29, 0.717) is 43.2 Å². The topological polar surface area (TPSA) is 81.7 Å². The Hall–Kier alpha value is -1.76. The van der Waals surface area contributed by atoms with E-state index in [1.807, 2.05) is 0 Å². The summed E-state index contributed by atoms with van der Waals surface area (Å²) < 4.78 is 33.6. The Balaban J connectivity index is 1.65. The van der Waals surface area contributed by atoms with Crippen molar-refractivity contribution >= 4 is 21.4 Å². The summed E-state index contributed by atoms with van der Waals surface area (Å²) in [7, 11) is -2.95. The van der Waals surface area contributed by atoms with E-state index >= 15 is 0 Å². The number of fused-ring (bicyclic) bond motifs is 1. The third-order valence-corrected chi connectivity index (χ3v) is 5.45. The van der Waals surface area contributed by atoms with Gasteiger partial charge in [-0.25, -0.2) is 8.42 Å². The van der Waals surface area contributed by atoms with Crippen LogP contribution in [0.25, 0.3) is 0 Å². The van der Waals surface area contributed by atoms with Gasteiger partial charge in [0.15, 0.2) is 11.5 Å². The van der Waals surface area contributed by atoms with Crippen LogP contribution < -0.4 is 14.8 Å². The lowest BCUT2D eigenvalue weighted by molar-refractivity contribution is -0.120. The Morgan fingerprint density at radius 3 is 2.48 bits per heavy atom. The molecule has 114 valence electrons. The highest BCUT2D eigenvalue weighted by Crippen LogP contribution is 2.33. The lowest BCUT2D eigenvalue weighted by Crippen LogP contribution is -2.31. The minimum absolute atomic E-state index is 0.0895. The minimum Gasteiger partial charge on any atom is -0.486 e. The molecule has 2 aliphatic rings. The number of nitrogens with one attached hydrogen (secondary N) is 1. The average Bonchev–Trinajstić information content (AvgIpc) is 2.47. The van der Waals surface area contributed by atoms with Crippen molar-refractivity contribution in [2.24, 2.45) is 5.92 Å². The molecule has 0 radical (unpaired) electrons. The van der Waals surface area contributed by atoms with Crippen molar-refractivity contribution < 1.29 is 22.7 Å². The van der Waals surface area contributed by atoms with Gasteiger partial charge in [0.2, 0.25) is 5.91 Å². The van der Waals surface area contributed by atoms with E-state index < -0.39 is 9.84 Å². The lowest BCUT2D eigenvalue weighted by Gasteiger charge is -2.22. The van der Waals surface area contributed by atoms with Crippen LogP contribution in [0, 0.1) is 5.92 Å². The van der Waals surface area contributed by atoms with Crippen molar-refractivity contribution in [2.45, 2.75) is 12.8 Å². The van der Waals surface area contributed by atoms with E-state index in [9.17, 15) is 13.2 Å². The molecule has 0 saturated carbocycles. The lowest BCUT2D eigenvalue weighted by atomic mass is 10.0. The third-order valence-electron chi connectivity index (χ3n) is 3.74. The molecule has 1 aromatic rings. The molecule has 7 heteroatoms. The van der Waals surface area contributed by atoms with Crippen molar-refractivity contribution in [2.75, 3.05) is 30.0 Å². The predicted octanol–water partition coefficient (Wildman–Crippen LogP) is 1.22. The number of carbonyl (C=O) groups is 1. The van der Waals surface area contributed by atoms with Crippen LogP contribution in [0.15, 0.2) is 18.2 Å². The molecule has 1 N–H and O–H groups in total. The predicted molar refractivity (Wildman–Crippen MR) is 77.4 cm³/mol. The van der Waals surface area contributed by atoms with Crippen LogP contribution in [-0.2, 0) is 14.6 Å². The Kier molecular flexibility index (Phi) is 3.75. The average molecular weight is 311 g/mol. The Bertz CT molecular complexity index is 641. The fraction of sp³-hybridized carbons (Fsp3) is 0.500. The Labute approximate surface area is 123 Å². The molecule has 0 unspecified atom stereocenters. The van der Waals surface area contributed by atoms with Gasteiger partial charge in [-0.15, -0.1) is 0 Å². The first-order valence-electron chi connectivity index (χ1n) is 6.94. The minimum atomic E-state index is -2.95. The zero-order valence-electron chi connectivity index (χ0n) is 11.5. The SMILES string of the molecule is O=C(Nc1ccc2c(c1)OCCO2)C1CCS(=O)(=O)CC1. The van der Waals surface area contributed by atoms with Gasteiger partial charge in [-0.2, -0.15) is 0 Å². The molecule has 0 aliphatic carbocycles. The molecule has 2 aliphatic heterocycles. The molecular formula is C14H17NO5S. The van der Waals surface area contributed by atoms with Crippen LogP contribution in [-0.4, -0.2) is 39.0 Å². The Morgan fingerprint density at radius 2 is 1.76 bits per heavy atom. The molecule has 3 rings (SSSR count). The summed E-state index contributed by atoms with van der Waals surface area (Å²) in [6, 6.07) is 5.24. The second-order valence-electron chi connectivity index (χ2n) is 5.27. The molecule has 0 aromatic heterocycles. The zero-order valence-corrected chi connectivity index (χ0v) is 12.3. The monoisotopic (exact) mass is 311 g/mol. The van der Waals surface area contributed by atoms with Crippen molar-refractivity contribution in [1.29, 1.82) is 0 Å². The summed E-state index contributed by atoms with van der Waals surface area (Å²) in [5.74, 6) is 1.08. The van der Waals surface area contributed by atoms with Gasteiger partial charge in [-0.05, 0) is 25.0 Å². The quantitative estimate of drug-likeness (QED) is 0.888. The first-order chi connectivity index (χ1) is 10.0. The normalized spacial score (nSPS) is 20.8. The number of carbonyl (C=O) groups excluding carboxylic acids is 1. The van der Waals surface area contributed by atoms with Crippen molar-refractivity contribution in [3.63, 3.8) is 0 Å². The number of sulfone groups is 1. The van der Waals surface area contributed by atoms with Gasteiger partial charge < -0.3 is 14.8 Å². The summed E-state index contributed by atoms with van der Waals surface area (Å²) >= 11 is 0. The second-order valence-corrected chi connectivity index (χ2v) is 7.58. The number of hydrogen-bond donors (Lipinski definition) is 1. The third kappa shape index (κ3) is 3.29. The second kappa shape index (κ2) is 5.55. The molecule has 0 bridgehead atoms. The Morgan fingerprint density at radius 1 is 1.10 bits per heavy atom. The van der Waals surface area contributed by atoms with Crippen LogP contribution in [0.4, 0.5) is 5.69 Å². The van der Waals surface area contributed by atoms with Gasteiger partial charge in [0.05, 0.1) is 11.5 Å². The fourth-order valence-electron chi connectivity index (χ4n) is 2.52. The van der Waals surface area contributed by atoms with Gasteiger partial charge in [-0.3, -0.25) is 4.79 Å². The summed E-state index contributed by atoms with van der Waals surface area (Å²) in [6.45, 7) is 1.01. The molecule has 0 spiro atoms. The van der Waals surface area contributed by atoms with E-state index in [1.54, 1.807) is 18.2 Å². The van der Waals surface area contributed by atoms with Gasteiger partial charge in [0, 0.05) is 17.7 Å². The number of rotatable bonds is 2. The van der Waals surface area contributed by atoms with Crippen molar-refractivity contribution in [3.05, 3.63) is 18.2 Å². The van der Waals surface area contributed by atoms with Gasteiger partial charge in [-0.1, -0.05) is 0 Å². The summed E-state index contributed by atoms with van der Waals surface area (Å²) in [5, 5.41) is 2.82. The van der Waals surface area contributed by atoms with Gasteiger partial charge in [0.25, 0.3) is 0 Å². The van der Waals surface area contributed by atoms with Crippen LogP contribution >= 0.6 is 0 Å². The molecule has 6 nitrogen and oxygen atoms in total. The largest absolute Gasteiger partial charge is 0.486 e. The maximum absolute atomic E-state index is 12.2. The number of amides is 1. The molecule has 1 saturated heterocycles. The molecule has 1 fully saturated rings. The van der Waals surface area contributed by atoms with Gasteiger partial charge in [0.1, 0.15) is 23.1 Å². The maximum atomic E-state index is 12.2. The summed E-state index contributed by atoms with van der Waals surface area (Å²) in [5.41, 5.74) is 0.637. The van der Waals surface area contributed by atoms with Crippen LogP contribution in [0.2, 0.25) is 0 Å². The van der Waals surface area contributed by atoms with E-state index in [2.05, 4.69) is 5.32 Å². The smallest absolute Gasteiger partial charge is 0.227 e. The fourth-order valence-corrected chi connectivity index (χ4v) is 4.01. The zero-order chi connectivity index (χ0) is 14.9. The van der Waals surface area contributed by atoms with E-state index in [-0.39, 0.29) is 23.3 Å². The van der Waals surface area contributed by atoms with Crippen LogP contribution in [0.3, 0.4) is 0 Å². The maximum Gasteiger partial charge on any atom is 0.227 e. The molecular weight excluding hydrogens is 294 g/mol. The standard InChI is InChI=1S/C14H17NO5S/c16-14(10-3-7-21(17,18)8-4-10)15-11-1-2-12-13(9-11)20-6-5-19-12/h1-2,9-10H,3-8H2,(H,15,16). The molecule has 1 aromatic carbocycles. The molecule has 2 heterocycles. The summed E-state index contributed by atoms with van der Waals surface area (Å²) in [6.07, 6.45) is 0.775. The first-order valence-corrected chi connectivity index (χ1v) is 8.76. The van der Waals surface area contributed by atoms with E-state index in [0.717, 1.165) is 0 Å². The number of hydrogen-bond acceptors (Lipinski definition) is 5.